The molecule has 27 heavy (non-hydrogen) atoms. The van der Waals surface area contributed by atoms with Crippen molar-refractivity contribution in [2.45, 2.75) is 32.2 Å². The molecule has 1 aromatic carbocycles. The third-order valence-corrected chi connectivity index (χ3v) is 4.38. The van der Waals surface area contributed by atoms with Crippen LogP contribution in [-0.4, -0.2) is 30.1 Å². The summed E-state index contributed by atoms with van der Waals surface area (Å²) in [6, 6.07) is 10.0. The molecule has 3 rings (SSSR count). The number of nitrogens with one attached hydrogen (secondary N) is 1. The second-order valence-corrected chi connectivity index (χ2v) is 6.54. The fraction of sp³-hybridized carbons (Fsp3) is 0.368. The van der Waals surface area contributed by atoms with Crippen molar-refractivity contribution in [1.29, 1.82) is 0 Å². The molecule has 5 nitrogen and oxygen atoms in total. The van der Waals surface area contributed by atoms with Gasteiger partial charge in [-0.3, -0.25) is 4.79 Å². The largest absolute Gasteiger partial charge is 0.471 e. The number of carbonyl (C=O) groups excluding carboxylic acids is 1. The van der Waals surface area contributed by atoms with Crippen molar-refractivity contribution in [2.75, 3.05) is 18.0 Å². The summed E-state index contributed by atoms with van der Waals surface area (Å²) >= 11 is 0. The molecule has 0 radical (unpaired) electrons. The van der Waals surface area contributed by atoms with Crippen molar-refractivity contribution < 1.29 is 22.7 Å². The monoisotopic (exact) mass is 379 g/mol. The molecule has 1 aromatic heterocycles. The van der Waals surface area contributed by atoms with Crippen molar-refractivity contribution in [3.63, 3.8) is 0 Å². The van der Waals surface area contributed by atoms with Crippen LogP contribution in [-0.2, 0) is 11.0 Å². The number of rotatable bonds is 5. The summed E-state index contributed by atoms with van der Waals surface area (Å²) in [5.41, 5.74) is 1.24. The lowest BCUT2D eigenvalue weighted by Crippen LogP contribution is -2.54. The minimum absolute atomic E-state index is 0.0604. The molecule has 144 valence electrons. The van der Waals surface area contributed by atoms with Crippen LogP contribution in [0.2, 0.25) is 0 Å². The Morgan fingerprint density at radius 1 is 1.22 bits per heavy atom. The second-order valence-electron chi connectivity index (χ2n) is 6.54. The van der Waals surface area contributed by atoms with Gasteiger partial charge in [0.1, 0.15) is 6.10 Å². The number of carbonyl (C=O) groups is 1. The zero-order chi connectivity index (χ0) is 19.6. The van der Waals surface area contributed by atoms with Crippen LogP contribution in [0, 0.1) is 0 Å². The standard InChI is InChI=1S/C19H20F3N3O2/c1-12(24-13(2)26)14-3-6-16(7-4-14)25-10-17(11-25)27-18-8-5-15(9-23-18)19(20,21)22/h3-9,12,17H,10-11H2,1-2H3,(H,24,26). The number of benzene rings is 1. The molecule has 8 heteroatoms. The molecule has 1 unspecified atom stereocenters. The minimum atomic E-state index is -4.40. The van der Waals surface area contributed by atoms with Gasteiger partial charge in [-0.2, -0.15) is 13.2 Å². The lowest BCUT2D eigenvalue weighted by Gasteiger charge is -2.40. The van der Waals surface area contributed by atoms with E-state index in [1.165, 1.54) is 13.0 Å². The molecule has 1 saturated heterocycles. The fourth-order valence-electron chi connectivity index (χ4n) is 2.87. The number of halogens is 3. The van der Waals surface area contributed by atoms with E-state index in [0.29, 0.717) is 13.1 Å². The van der Waals surface area contributed by atoms with Gasteiger partial charge in [0, 0.05) is 24.9 Å². The van der Waals surface area contributed by atoms with Gasteiger partial charge >= 0.3 is 6.18 Å². The van der Waals surface area contributed by atoms with Gasteiger partial charge < -0.3 is 15.0 Å². The van der Waals surface area contributed by atoms with Gasteiger partial charge in [-0.05, 0) is 30.7 Å². The van der Waals surface area contributed by atoms with Crippen LogP contribution in [0.5, 0.6) is 5.88 Å². The molecule has 1 aliphatic heterocycles. The number of hydrogen-bond acceptors (Lipinski definition) is 4. The molecule has 1 atom stereocenters. The summed E-state index contributed by atoms with van der Waals surface area (Å²) in [7, 11) is 0. The van der Waals surface area contributed by atoms with Crippen molar-refractivity contribution in [2.24, 2.45) is 0 Å². The molecule has 2 aromatic rings. The van der Waals surface area contributed by atoms with Gasteiger partial charge in [-0.25, -0.2) is 4.98 Å². The molecule has 0 aliphatic carbocycles. The smallest absolute Gasteiger partial charge is 0.417 e. The molecule has 0 saturated carbocycles. The zero-order valence-electron chi connectivity index (χ0n) is 15.0. The second kappa shape index (κ2) is 7.46. The fourth-order valence-corrected chi connectivity index (χ4v) is 2.87. The number of alkyl halides is 3. The highest BCUT2D eigenvalue weighted by Gasteiger charge is 2.32. The lowest BCUT2D eigenvalue weighted by atomic mass is 10.1. The Morgan fingerprint density at radius 3 is 2.41 bits per heavy atom. The summed E-state index contributed by atoms with van der Waals surface area (Å²) in [5.74, 6) is 0.110. The number of ether oxygens (including phenoxy) is 1. The normalized spacial score (nSPS) is 15.8. The summed E-state index contributed by atoms with van der Waals surface area (Å²) in [6.07, 6.45) is -3.74. The Bertz CT molecular complexity index is 785. The van der Waals surface area contributed by atoms with Crippen LogP contribution < -0.4 is 15.0 Å². The first-order chi connectivity index (χ1) is 12.7. The molecule has 0 bridgehead atoms. The van der Waals surface area contributed by atoms with Crippen LogP contribution in [0.15, 0.2) is 42.6 Å². The maximum atomic E-state index is 12.5. The third kappa shape index (κ3) is 4.69. The highest BCUT2D eigenvalue weighted by molar-refractivity contribution is 5.73. The summed E-state index contributed by atoms with van der Waals surface area (Å²) in [4.78, 5) is 16.9. The molecular formula is C19H20F3N3O2. The van der Waals surface area contributed by atoms with Crippen molar-refractivity contribution in [3.8, 4) is 5.88 Å². The predicted octanol–water partition coefficient (Wildman–Crippen LogP) is 3.57. The van der Waals surface area contributed by atoms with Crippen molar-refractivity contribution in [1.82, 2.24) is 10.3 Å². The van der Waals surface area contributed by atoms with Gasteiger partial charge in [-0.15, -0.1) is 0 Å². The van der Waals surface area contributed by atoms with E-state index in [1.54, 1.807) is 0 Å². The van der Waals surface area contributed by atoms with Gasteiger partial charge in [0.05, 0.1) is 24.7 Å². The molecule has 0 spiro atoms. The first kappa shape index (κ1) is 19.0. The summed E-state index contributed by atoms with van der Waals surface area (Å²) in [6.45, 7) is 4.66. The maximum absolute atomic E-state index is 12.5. The third-order valence-electron chi connectivity index (χ3n) is 4.38. The minimum Gasteiger partial charge on any atom is -0.471 e. The number of amides is 1. The van der Waals surface area contributed by atoms with Gasteiger partial charge in [-0.1, -0.05) is 12.1 Å². The first-order valence-electron chi connectivity index (χ1n) is 8.54. The summed E-state index contributed by atoms with van der Waals surface area (Å²) < 4.78 is 43.2. The number of anilines is 1. The van der Waals surface area contributed by atoms with E-state index >= 15 is 0 Å². The zero-order valence-corrected chi connectivity index (χ0v) is 15.0. The van der Waals surface area contributed by atoms with E-state index < -0.39 is 11.7 Å². The van der Waals surface area contributed by atoms with Gasteiger partial charge in [0.25, 0.3) is 0 Å². The van der Waals surface area contributed by atoms with E-state index in [0.717, 1.165) is 23.5 Å². The number of aromatic nitrogens is 1. The van der Waals surface area contributed by atoms with Crippen LogP contribution in [0.25, 0.3) is 0 Å². The number of pyridine rings is 1. The molecular weight excluding hydrogens is 359 g/mol. The SMILES string of the molecule is CC(=O)NC(C)c1ccc(N2CC(Oc3ccc(C(F)(F)F)cn3)C2)cc1. The van der Waals surface area contributed by atoms with Gasteiger partial charge in [0.2, 0.25) is 11.8 Å². The Kier molecular flexibility index (Phi) is 5.25. The lowest BCUT2D eigenvalue weighted by molar-refractivity contribution is -0.137. The Labute approximate surface area is 155 Å². The molecule has 1 fully saturated rings. The highest BCUT2D eigenvalue weighted by Crippen LogP contribution is 2.30. The first-order valence-corrected chi connectivity index (χ1v) is 8.54. The molecule has 1 aliphatic rings. The van der Waals surface area contributed by atoms with E-state index in [-0.39, 0.29) is 23.9 Å². The highest BCUT2D eigenvalue weighted by atomic mass is 19.4. The van der Waals surface area contributed by atoms with Crippen LogP contribution in [0.4, 0.5) is 18.9 Å². The quantitative estimate of drug-likeness (QED) is 0.863. The Morgan fingerprint density at radius 2 is 1.89 bits per heavy atom. The molecule has 1 amide bonds. The predicted molar refractivity (Wildman–Crippen MR) is 94.5 cm³/mol. The topological polar surface area (TPSA) is 54.5 Å². The molecule has 2 heterocycles. The van der Waals surface area contributed by atoms with Crippen LogP contribution >= 0.6 is 0 Å². The number of hydrogen-bond donors (Lipinski definition) is 1. The van der Waals surface area contributed by atoms with Gasteiger partial charge in [0.15, 0.2) is 0 Å². The summed E-state index contributed by atoms with van der Waals surface area (Å²) in [5, 5.41) is 2.83. The van der Waals surface area contributed by atoms with E-state index in [2.05, 4.69) is 15.2 Å². The van der Waals surface area contributed by atoms with E-state index in [9.17, 15) is 18.0 Å². The van der Waals surface area contributed by atoms with Crippen molar-refractivity contribution >= 4 is 11.6 Å². The maximum Gasteiger partial charge on any atom is 0.417 e. The van der Waals surface area contributed by atoms with E-state index in [4.69, 9.17) is 4.74 Å². The van der Waals surface area contributed by atoms with Crippen molar-refractivity contribution in [3.05, 3.63) is 53.7 Å². The average molecular weight is 379 g/mol. The Hall–Kier alpha value is -2.77. The number of nitrogens with zero attached hydrogens (tertiary/aromatic N) is 2. The average Bonchev–Trinajstić information content (AvgIpc) is 2.57. The van der Waals surface area contributed by atoms with E-state index in [1.807, 2.05) is 31.2 Å². The van der Waals surface area contributed by atoms with Crippen LogP contribution in [0.3, 0.4) is 0 Å². The Balaban J connectivity index is 1.51. The van der Waals surface area contributed by atoms with Crippen LogP contribution in [0.1, 0.15) is 31.0 Å². The molecule has 1 N–H and O–H groups in total.